The molecule has 39 heavy (non-hydrogen) atoms. The number of anilines is 1. The zero-order valence-corrected chi connectivity index (χ0v) is 22.9. The van der Waals surface area contributed by atoms with Gasteiger partial charge in [0.25, 0.3) is 0 Å². The number of methoxy groups -OCH3 is 2. The van der Waals surface area contributed by atoms with E-state index in [9.17, 15) is 0 Å². The van der Waals surface area contributed by atoms with Crippen molar-refractivity contribution in [3.8, 4) is 11.5 Å². The molecule has 1 aliphatic heterocycles. The smallest absolute Gasteiger partial charge is 0.186 e. The first-order chi connectivity index (χ1) is 19.2. The van der Waals surface area contributed by atoms with Crippen LogP contribution in [0.15, 0.2) is 72.8 Å². The summed E-state index contributed by atoms with van der Waals surface area (Å²) in [6.45, 7) is 4.04. The first-order valence-electron chi connectivity index (χ1n) is 13.1. The predicted molar refractivity (Wildman–Crippen MR) is 153 cm³/mol. The average molecular weight is 542 g/mol. The zero-order chi connectivity index (χ0) is 26.6. The third-order valence-corrected chi connectivity index (χ3v) is 8.32. The van der Waals surface area contributed by atoms with Crippen molar-refractivity contribution in [2.75, 3.05) is 45.3 Å². The molecule has 0 unspecified atom stereocenters. The monoisotopic (exact) mass is 541 g/mol. The van der Waals surface area contributed by atoms with Gasteiger partial charge in [0.1, 0.15) is 17.5 Å². The van der Waals surface area contributed by atoms with E-state index >= 15 is 0 Å². The number of para-hydroxylation sites is 1. The number of aryl methyl sites for hydroxylation is 2. The summed E-state index contributed by atoms with van der Waals surface area (Å²) in [6, 6.07) is 24.5. The third-order valence-electron chi connectivity index (χ3n) is 7.22. The molecule has 0 saturated carbocycles. The second-order valence-corrected chi connectivity index (χ2v) is 10.5. The number of ether oxygens (including phenoxy) is 2. The van der Waals surface area contributed by atoms with Crippen molar-refractivity contribution in [3.63, 3.8) is 0 Å². The number of benzene rings is 3. The van der Waals surface area contributed by atoms with Gasteiger partial charge in [0.15, 0.2) is 11.0 Å². The molecule has 10 heteroatoms. The number of rotatable bonds is 9. The largest absolute Gasteiger partial charge is 0.497 e. The molecule has 0 radical (unpaired) electrons. The van der Waals surface area contributed by atoms with Gasteiger partial charge in [-0.05, 0) is 52.7 Å². The molecule has 1 atom stereocenters. The van der Waals surface area contributed by atoms with Gasteiger partial charge in [-0.25, -0.2) is 9.67 Å². The van der Waals surface area contributed by atoms with Crippen LogP contribution in [0.1, 0.15) is 23.0 Å². The van der Waals surface area contributed by atoms with Gasteiger partial charge in [0.05, 0.1) is 24.4 Å². The highest BCUT2D eigenvalue weighted by Gasteiger charge is 2.33. The number of fused-ring (bicyclic) bond motifs is 1. The molecule has 1 aliphatic rings. The van der Waals surface area contributed by atoms with Crippen molar-refractivity contribution < 1.29 is 9.47 Å². The first-order valence-corrected chi connectivity index (χ1v) is 13.9. The lowest BCUT2D eigenvalue weighted by atomic mass is 10.0. The van der Waals surface area contributed by atoms with Gasteiger partial charge in [-0.1, -0.05) is 53.8 Å². The summed E-state index contributed by atoms with van der Waals surface area (Å²) in [6.07, 6.45) is 0.840. The minimum absolute atomic E-state index is 0.196. The van der Waals surface area contributed by atoms with Crippen molar-refractivity contribution in [2.24, 2.45) is 0 Å². The van der Waals surface area contributed by atoms with Gasteiger partial charge in [0.2, 0.25) is 0 Å². The summed E-state index contributed by atoms with van der Waals surface area (Å²) in [7, 11) is 3.38. The molecule has 0 amide bonds. The number of hydrogen-bond donors (Lipinski definition) is 0. The number of aromatic nitrogens is 5. The van der Waals surface area contributed by atoms with Crippen LogP contribution in [0.25, 0.3) is 10.2 Å². The second kappa shape index (κ2) is 11.4. The van der Waals surface area contributed by atoms with Crippen LogP contribution in [0.3, 0.4) is 0 Å². The Bertz CT molecular complexity index is 1500. The van der Waals surface area contributed by atoms with Crippen molar-refractivity contribution >= 4 is 26.7 Å². The molecule has 6 rings (SSSR count). The normalized spacial score (nSPS) is 15.0. The Morgan fingerprint density at radius 1 is 0.897 bits per heavy atom. The van der Waals surface area contributed by atoms with Crippen LogP contribution in [0, 0.1) is 0 Å². The molecule has 3 heterocycles. The third kappa shape index (κ3) is 5.30. The fraction of sp³-hybridized carbons (Fsp3) is 0.310. The molecule has 3 aromatic carbocycles. The van der Waals surface area contributed by atoms with E-state index in [0.717, 1.165) is 66.1 Å². The molecule has 9 nitrogen and oxygen atoms in total. The molecule has 0 spiro atoms. The second-order valence-electron chi connectivity index (χ2n) is 9.49. The van der Waals surface area contributed by atoms with Gasteiger partial charge >= 0.3 is 0 Å². The summed E-state index contributed by atoms with van der Waals surface area (Å²) >= 11 is 1.75. The van der Waals surface area contributed by atoms with Gasteiger partial charge < -0.3 is 14.4 Å². The average Bonchev–Trinajstić information content (AvgIpc) is 3.64. The zero-order valence-electron chi connectivity index (χ0n) is 22.1. The highest BCUT2D eigenvalue weighted by atomic mass is 32.1. The van der Waals surface area contributed by atoms with Gasteiger partial charge in [-0.2, -0.15) is 0 Å². The number of thiazole rings is 1. The molecule has 200 valence electrons. The topological polar surface area (TPSA) is 81.4 Å². The summed E-state index contributed by atoms with van der Waals surface area (Å²) in [5.41, 5.74) is 3.29. The lowest BCUT2D eigenvalue weighted by molar-refractivity contribution is 0.197. The van der Waals surface area contributed by atoms with Crippen molar-refractivity contribution in [1.82, 2.24) is 30.1 Å². The minimum atomic E-state index is -0.196. The molecule has 0 aliphatic carbocycles. The van der Waals surface area contributed by atoms with E-state index in [-0.39, 0.29) is 6.04 Å². The molecule has 1 fully saturated rings. The highest BCUT2D eigenvalue weighted by Crippen LogP contribution is 2.37. The number of nitrogens with zero attached hydrogens (tertiary/aromatic N) is 7. The van der Waals surface area contributed by atoms with Crippen LogP contribution in [0.2, 0.25) is 0 Å². The maximum absolute atomic E-state index is 5.83. The van der Waals surface area contributed by atoms with Crippen molar-refractivity contribution in [3.05, 3.63) is 89.7 Å². The van der Waals surface area contributed by atoms with E-state index in [2.05, 4.69) is 67.8 Å². The molecule has 1 saturated heterocycles. The number of tetrazole rings is 1. The van der Waals surface area contributed by atoms with Crippen molar-refractivity contribution in [2.45, 2.75) is 19.0 Å². The maximum atomic E-state index is 5.83. The van der Waals surface area contributed by atoms with Gasteiger partial charge in [-0.3, -0.25) is 4.90 Å². The highest BCUT2D eigenvalue weighted by molar-refractivity contribution is 7.22. The van der Waals surface area contributed by atoms with Gasteiger partial charge in [-0.15, -0.1) is 5.10 Å². The van der Waals surface area contributed by atoms with E-state index in [1.807, 2.05) is 35.0 Å². The Labute approximate surface area is 231 Å². The maximum Gasteiger partial charge on any atom is 0.186 e. The van der Waals surface area contributed by atoms with Crippen LogP contribution in [-0.4, -0.2) is 70.5 Å². The Morgan fingerprint density at radius 3 is 2.46 bits per heavy atom. The van der Waals surface area contributed by atoms with Crippen LogP contribution in [-0.2, 0) is 13.0 Å². The Hall–Kier alpha value is -4.02. The number of hydrogen-bond acceptors (Lipinski definition) is 9. The van der Waals surface area contributed by atoms with Crippen LogP contribution in [0.4, 0.5) is 5.13 Å². The molecule has 2 aromatic heterocycles. The molecule has 0 bridgehead atoms. The van der Waals surface area contributed by atoms with E-state index in [1.54, 1.807) is 25.6 Å². The molecule has 0 N–H and O–H groups in total. The lowest BCUT2D eigenvalue weighted by Crippen LogP contribution is -2.48. The SMILES string of the molecule is COc1ccc(OC)c([C@@H](c2nnnn2CCc2ccccc2)N2CCN(c3nc4ccccc4s3)CC2)c1. The van der Waals surface area contributed by atoms with Crippen LogP contribution < -0.4 is 14.4 Å². The minimum Gasteiger partial charge on any atom is -0.497 e. The van der Waals surface area contributed by atoms with E-state index in [4.69, 9.17) is 14.5 Å². The van der Waals surface area contributed by atoms with Crippen LogP contribution in [0.5, 0.6) is 11.5 Å². The Kier molecular flexibility index (Phi) is 7.38. The Morgan fingerprint density at radius 2 is 1.69 bits per heavy atom. The van der Waals surface area contributed by atoms with Crippen LogP contribution >= 0.6 is 11.3 Å². The molecular weight excluding hydrogens is 510 g/mol. The standard InChI is InChI=1S/C29H31N7O2S/c1-37-22-12-13-25(38-2)23(20-22)27(28-31-32-33-36(28)15-14-21-8-4-3-5-9-21)34-16-18-35(19-17-34)29-30-24-10-6-7-11-26(24)39-29/h3-13,20,27H,14-19H2,1-2H3/t27-/m0/s1. The van der Waals surface area contributed by atoms with E-state index < -0.39 is 0 Å². The lowest BCUT2D eigenvalue weighted by Gasteiger charge is -2.39. The van der Waals surface area contributed by atoms with E-state index in [0.29, 0.717) is 6.54 Å². The summed E-state index contributed by atoms with van der Waals surface area (Å²) < 4.78 is 14.6. The summed E-state index contributed by atoms with van der Waals surface area (Å²) in [4.78, 5) is 9.70. The van der Waals surface area contributed by atoms with Gasteiger partial charge in [0, 0.05) is 38.3 Å². The quantitative estimate of drug-likeness (QED) is 0.271. The fourth-order valence-corrected chi connectivity index (χ4v) is 6.18. The molecule has 5 aromatic rings. The summed E-state index contributed by atoms with van der Waals surface area (Å²) in [5, 5.41) is 14.1. The summed E-state index contributed by atoms with van der Waals surface area (Å²) in [5.74, 6) is 2.35. The number of piperazine rings is 1. The molecular formula is C29H31N7O2S. The van der Waals surface area contributed by atoms with E-state index in [1.165, 1.54) is 10.3 Å². The predicted octanol–water partition coefficient (Wildman–Crippen LogP) is 4.45. The first kappa shape index (κ1) is 25.3. The Balaban J connectivity index is 1.30. The van der Waals surface area contributed by atoms with Crippen molar-refractivity contribution in [1.29, 1.82) is 0 Å². The fourth-order valence-electron chi connectivity index (χ4n) is 5.17.